The number of unbranched alkanes of at least 4 members (excludes halogenated alkanes) is 6. The van der Waals surface area contributed by atoms with E-state index in [4.69, 9.17) is 0 Å². The molecule has 0 spiro atoms. The van der Waals surface area contributed by atoms with Gasteiger partial charge in [0.15, 0.2) is 0 Å². The topological polar surface area (TPSA) is 0 Å². The molecule has 0 atom stereocenters. The van der Waals surface area contributed by atoms with Gasteiger partial charge >= 0.3 is 0 Å². The molecule has 0 aromatic heterocycles. The van der Waals surface area contributed by atoms with E-state index >= 15 is 0 Å². The second kappa shape index (κ2) is 13.8. The summed E-state index contributed by atoms with van der Waals surface area (Å²) in [4.78, 5) is 0. The third kappa shape index (κ3) is 13.8. The average molecular weight is 271 g/mol. The van der Waals surface area contributed by atoms with Gasteiger partial charge in [0.1, 0.15) is 0 Å². The van der Waals surface area contributed by atoms with Crippen LogP contribution in [0.15, 0.2) is 12.2 Å². The molecule has 15 heavy (non-hydrogen) atoms. The van der Waals surface area contributed by atoms with Crippen molar-refractivity contribution in [2.45, 2.75) is 58.3 Å². The molecular formula is C14H23Br. The first-order valence-electron chi connectivity index (χ1n) is 6.08. The van der Waals surface area contributed by atoms with Crippen molar-refractivity contribution in [1.29, 1.82) is 0 Å². The maximum atomic E-state index is 3.28. The highest BCUT2D eigenvalue weighted by Crippen LogP contribution is 2.07. The molecule has 86 valence electrons. The van der Waals surface area contributed by atoms with Gasteiger partial charge in [0.05, 0.1) is 5.33 Å². The van der Waals surface area contributed by atoms with Gasteiger partial charge in [-0.1, -0.05) is 79.0 Å². The van der Waals surface area contributed by atoms with Crippen LogP contribution in [0, 0.1) is 11.8 Å². The Kier molecular flexibility index (Phi) is 13.6. The summed E-state index contributed by atoms with van der Waals surface area (Å²) in [7, 11) is 0. The minimum atomic E-state index is 0.790. The lowest BCUT2D eigenvalue weighted by atomic mass is 10.1. The largest absolute Gasteiger partial charge is 0.0983 e. The summed E-state index contributed by atoms with van der Waals surface area (Å²) in [5, 5.41) is 0.790. The summed E-state index contributed by atoms with van der Waals surface area (Å²) in [6.07, 6.45) is 14.9. The Bertz CT molecular complexity index is 195. The molecule has 0 saturated carbocycles. The molecule has 0 aliphatic rings. The highest BCUT2D eigenvalue weighted by Gasteiger charge is 1.87. The number of halogens is 1. The molecule has 0 bridgehead atoms. The van der Waals surface area contributed by atoms with Crippen molar-refractivity contribution in [2.24, 2.45) is 0 Å². The lowest BCUT2D eigenvalue weighted by molar-refractivity contribution is 0.611. The maximum absolute atomic E-state index is 3.28. The minimum absolute atomic E-state index is 0.790. The molecular weight excluding hydrogens is 248 g/mol. The molecule has 0 radical (unpaired) electrons. The second-order valence-corrected chi connectivity index (χ2v) is 4.28. The van der Waals surface area contributed by atoms with Gasteiger partial charge in [-0.15, -0.1) is 0 Å². The first-order valence-corrected chi connectivity index (χ1v) is 7.20. The monoisotopic (exact) mass is 270 g/mol. The van der Waals surface area contributed by atoms with E-state index in [2.05, 4.69) is 46.8 Å². The minimum Gasteiger partial charge on any atom is -0.0983 e. The van der Waals surface area contributed by atoms with Gasteiger partial charge in [-0.25, -0.2) is 0 Å². The number of alkyl halides is 1. The Labute approximate surface area is 104 Å². The van der Waals surface area contributed by atoms with Crippen LogP contribution in [0.4, 0.5) is 0 Å². The van der Waals surface area contributed by atoms with Crippen molar-refractivity contribution in [3.8, 4) is 11.8 Å². The van der Waals surface area contributed by atoms with Crippen LogP contribution in [-0.4, -0.2) is 5.33 Å². The zero-order valence-electron chi connectivity index (χ0n) is 9.90. The van der Waals surface area contributed by atoms with Crippen molar-refractivity contribution in [2.75, 3.05) is 5.33 Å². The third-order valence-corrected chi connectivity index (χ3v) is 2.58. The maximum Gasteiger partial charge on any atom is 0.0645 e. The van der Waals surface area contributed by atoms with Crippen LogP contribution in [0.1, 0.15) is 58.3 Å². The summed E-state index contributed by atoms with van der Waals surface area (Å²) >= 11 is 3.28. The van der Waals surface area contributed by atoms with Crippen LogP contribution in [0.5, 0.6) is 0 Å². The first kappa shape index (κ1) is 14.8. The predicted octanol–water partition coefficient (Wildman–Crippen LogP) is 5.08. The molecule has 0 saturated heterocycles. The molecule has 0 aliphatic carbocycles. The van der Waals surface area contributed by atoms with E-state index < -0.39 is 0 Å². The van der Waals surface area contributed by atoms with Crippen molar-refractivity contribution < 1.29 is 0 Å². The smallest absolute Gasteiger partial charge is 0.0645 e. The van der Waals surface area contributed by atoms with Crippen molar-refractivity contribution in [3.05, 3.63) is 12.2 Å². The highest BCUT2D eigenvalue weighted by molar-refractivity contribution is 9.09. The first-order chi connectivity index (χ1) is 7.41. The number of rotatable bonds is 8. The lowest BCUT2D eigenvalue weighted by Gasteiger charge is -1.97. The Morgan fingerprint density at radius 2 is 1.67 bits per heavy atom. The van der Waals surface area contributed by atoms with E-state index in [1.807, 2.05) is 0 Å². The van der Waals surface area contributed by atoms with E-state index in [0.29, 0.717) is 0 Å². The molecule has 0 aromatic carbocycles. The summed E-state index contributed by atoms with van der Waals surface area (Å²) in [6, 6.07) is 0. The molecule has 1 heteroatoms. The molecule has 0 fully saturated rings. The standard InChI is InChI=1S/C14H23Br/c1-2-3-4-5-6-7-8-9-10-11-12-13-14-15/h9-10H,2-8,11,14H2,1H3. The van der Waals surface area contributed by atoms with E-state index in [0.717, 1.165) is 11.8 Å². The van der Waals surface area contributed by atoms with Crippen molar-refractivity contribution in [1.82, 2.24) is 0 Å². The van der Waals surface area contributed by atoms with Gasteiger partial charge in [-0.2, -0.15) is 0 Å². The zero-order chi connectivity index (χ0) is 11.2. The van der Waals surface area contributed by atoms with E-state index in [-0.39, 0.29) is 0 Å². The number of hydrogen-bond acceptors (Lipinski definition) is 0. The van der Waals surface area contributed by atoms with Crippen LogP contribution >= 0.6 is 15.9 Å². The van der Waals surface area contributed by atoms with E-state index in [1.165, 1.54) is 44.9 Å². The van der Waals surface area contributed by atoms with Gasteiger partial charge in [0.25, 0.3) is 0 Å². The summed E-state index contributed by atoms with van der Waals surface area (Å²) < 4.78 is 0. The van der Waals surface area contributed by atoms with Gasteiger partial charge in [0, 0.05) is 6.42 Å². The van der Waals surface area contributed by atoms with Crippen LogP contribution in [0.2, 0.25) is 0 Å². The molecule has 0 amide bonds. The Hall–Kier alpha value is -0.220. The second-order valence-electron chi connectivity index (χ2n) is 3.72. The van der Waals surface area contributed by atoms with E-state index in [1.54, 1.807) is 0 Å². The Balaban J connectivity index is 3.09. The summed E-state index contributed by atoms with van der Waals surface area (Å²) in [5.41, 5.74) is 0. The SMILES string of the molecule is CCCCCCCCC=CCC#CCBr. The van der Waals surface area contributed by atoms with E-state index in [9.17, 15) is 0 Å². The number of hydrogen-bond donors (Lipinski definition) is 0. The molecule has 0 rings (SSSR count). The average Bonchev–Trinajstić information content (AvgIpc) is 2.26. The highest BCUT2D eigenvalue weighted by atomic mass is 79.9. The fraction of sp³-hybridized carbons (Fsp3) is 0.714. The molecule has 0 unspecified atom stereocenters. The van der Waals surface area contributed by atoms with Crippen molar-refractivity contribution >= 4 is 15.9 Å². The summed E-state index contributed by atoms with van der Waals surface area (Å²) in [5.74, 6) is 6.06. The van der Waals surface area contributed by atoms with Crippen LogP contribution in [0.25, 0.3) is 0 Å². The predicted molar refractivity (Wildman–Crippen MR) is 73.3 cm³/mol. The lowest BCUT2D eigenvalue weighted by Crippen LogP contribution is -1.77. The molecule has 0 aromatic rings. The quantitative estimate of drug-likeness (QED) is 0.250. The van der Waals surface area contributed by atoms with Crippen molar-refractivity contribution in [3.63, 3.8) is 0 Å². The van der Waals surface area contributed by atoms with Crippen LogP contribution in [0.3, 0.4) is 0 Å². The van der Waals surface area contributed by atoms with Gasteiger partial charge in [-0.3, -0.25) is 0 Å². The summed E-state index contributed by atoms with van der Waals surface area (Å²) in [6.45, 7) is 2.26. The fourth-order valence-corrected chi connectivity index (χ4v) is 1.62. The van der Waals surface area contributed by atoms with Crippen LogP contribution in [-0.2, 0) is 0 Å². The van der Waals surface area contributed by atoms with Gasteiger partial charge in [-0.05, 0) is 12.8 Å². The molecule has 0 aliphatic heterocycles. The molecule has 0 nitrogen and oxygen atoms in total. The molecule has 0 heterocycles. The number of allylic oxidation sites excluding steroid dienone is 2. The Morgan fingerprint density at radius 1 is 0.933 bits per heavy atom. The van der Waals surface area contributed by atoms with Gasteiger partial charge < -0.3 is 0 Å². The normalized spacial score (nSPS) is 10.3. The fourth-order valence-electron chi connectivity index (χ4n) is 1.42. The zero-order valence-corrected chi connectivity index (χ0v) is 11.5. The Morgan fingerprint density at radius 3 is 2.40 bits per heavy atom. The van der Waals surface area contributed by atoms with Crippen LogP contribution < -0.4 is 0 Å². The molecule has 0 N–H and O–H groups in total. The third-order valence-electron chi connectivity index (χ3n) is 2.30. The van der Waals surface area contributed by atoms with Gasteiger partial charge in [0.2, 0.25) is 0 Å².